The first kappa shape index (κ1) is 8.31. The molecule has 0 spiro atoms. The lowest BCUT2D eigenvalue weighted by Gasteiger charge is -1.92. The maximum Gasteiger partial charge on any atom is -0.00578 e. The van der Waals surface area contributed by atoms with Gasteiger partial charge < -0.3 is 0 Å². The van der Waals surface area contributed by atoms with Gasteiger partial charge in [0.05, 0.1) is 0 Å². The Hall–Kier alpha value is -1.30. The van der Waals surface area contributed by atoms with Crippen molar-refractivity contribution in [1.29, 1.82) is 0 Å². The number of allylic oxidation sites excluding steroid dienone is 4. The quantitative estimate of drug-likeness (QED) is 0.606. The van der Waals surface area contributed by atoms with Crippen LogP contribution in [0.4, 0.5) is 0 Å². The van der Waals surface area contributed by atoms with Crippen molar-refractivity contribution in [2.24, 2.45) is 0 Å². The van der Waals surface area contributed by atoms with Gasteiger partial charge in [0.15, 0.2) is 0 Å². The Kier molecular flexibility index (Phi) is 2.31. The molecule has 0 heteroatoms. The van der Waals surface area contributed by atoms with Gasteiger partial charge in [-0.3, -0.25) is 0 Å². The van der Waals surface area contributed by atoms with Crippen LogP contribution in [0.3, 0.4) is 0 Å². The van der Waals surface area contributed by atoms with Crippen molar-refractivity contribution < 1.29 is 0 Å². The molecule has 0 N–H and O–H groups in total. The Labute approximate surface area is 79.6 Å². The Morgan fingerprint density at radius 3 is 2.23 bits per heavy atom. The molecule has 2 rings (SSSR count). The first-order chi connectivity index (χ1) is 6.40. The van der Waals surface area contributed by atoms with Gasteiger partial charge >= 0.3 is 0 Å². The molecule has 0 saturated carbocycles. The van der Waals surface area contributed by atoms with Crippen molar-refractivity contribution in [1.82, 2.24) is 0 Å². The topological polar surface area (TPSA) is 0 Å². The maximum atomic E-state index is 2.24. The van der Waals surface area contributed by atoms with Crippen LogP contribution in [0.1, 0.15) is 18.1 Å². The first-order valence-corrected chi connectivity index (χ1v) is 4.77. The minimum absolute atomic E-state index is 1.14. The summed E-state index contributed by atoms with van der Waals surface area (Å²) in [5.41, 5.74) is 4.52. The molecule has 0 saturated heterocycles. The van der Waals surface area contributed by atoms with Gasteiger partial charge in [0.25, 0.3) is 0 Å². The van der Waals surface area contributed by atoms with Gasteiger partial charge in [0.1, 0.15) is 0 Å². The summed E-state index contributed by atoms with van der Waals surface area (Å²) in [6.07, 6.45) is 8.72. The molecule has 1 aliphatic carbocycles. The van der Waals surface area contributed by atoms with Crippen LogP contribution in [0, 0.1) is 0 Å². The van der Waals surface area contributed by atoms with E-state index in [4.69, 9.17) is 0 Å². The van der Waals surface area contributed by atoms with E-state index in [9.17, 15) is 0 Å². The van der Waals surface area contributed by atoms with Crippen molar-refractivity contribution in [2.75, 3.05) is 0 Å². The third-order valence-electron chi connectivity index (χ3n) is 2.48. The van der Waals surface area contributed by atoms with Gasteiger partial charge in [-0.25, -0.2) is 0 Å². The van der Waals surface area contributed by atoms with E-state index in [-0.39, 0.29) is 0 Å². The molecule has 0 bridgehead atoms. The fourth-order valence-electron chi connectivity index (χ4n) is 1.80. The summed E-state index contributed by atoms with van der Waals surface area (Å²) in [6, 6.07) is 8.70. The van der Waals surface area contributed by atoms with Crippen LogP contribution < -0.4 is 0 Å². The van der Waals surface area contributed by atoms with E-state index in [2.05, 4.69) is 49.4 Å². The average molecular weight is 170 g/mol. The molecule has 1 aliphatic rings. The molecule has 0 radical (unpaired) electrons. The third kappa shape index (κ3) is 1.72. The van der Waals surface area contributed by atoms with Gasteiger partial charge in [-0.15, -0.1) is 0 Å². The summed E-state index contributed by atoms with van der Waals surface area (Å²) >= 11 is 0. The van der Waals surface area contributed by atoms with Crippen LogP contribution in [0.15, 0.2) is 48.1 Å². The van der Waals surface area contributed by atoms with Crippen LogP contribution in [0.2, 0.25) is 0 Å². The fourth-order valence-corrected chi connectivity index (χ4v) is 1.80. The highest BCUT2D eigenvalue weighted by atomic mass is 14.2. The average Bonchev–Trinajstić information content (AvgIpc) is 2.57. The number of fused-ring (bicyclic) bond motifs is 1. The fraction of sp³-hybridized carbons (Fsp3) is 0.231. The van der Waals surface area contributed by atoms with Gasteiger partial charge in [-0.2, -0.15) is 0 Å². The Morgan fingerprint density at radius 1 is 1.08 bits per heavy atom. The molecule has 0 unspecified atom stereocenters. The lowest BCUT2D eigenvalue weighted by molar-refractivity contribution is 1.17. The number of hydrogen-bond acceptors (Lipinski definition) is 0. The summed E-state index contributed by atoms with van der Waals surface area (Å²) in [6.45, 7) is 2.05. The van der Waals surface area contributed by atoms with Crippen LogP contribution in [-0.2, 0) is 12.8 Å². The van der Waals surface area contributed by atoms with E-state index in [1.165, 1.54) is 16.7 Å². The molecule has 1 aromatic carbocycles. The second kappa shape index (κ2) is 3.61. The minimum Gasteiger partial charge on any atom is -0.0877 e. The number of benzene rings is 1. The zero-order valence-corrected chi connectivity index (χ0v) is 7.96. The second-order valence-electron chi connectivity index (χ2n) is 3.47. The van der Waals surface area contributed by atoms with E-state index >= 15 is 0 Å². The van der Waals surface area contributed by atoms with Gasteiger partial charge in [-0.1, -0.05) is 48.1 Å². The molecule has 0 aromatic heterocycles. The minimum atomic E-state index is 1.14. The molecule has 0 fully saturated rings. The predicted molar refractivity (Wildman–Crippen MR) is 56.7 cm³/mol. The number of hydrogen-bond donors (Lipinski definition) is 0. The largest absolute Gasteiger partial charge is 0.0877 e. The second-order valence-corrected chi connectivity index (χ2v) is 3.47. The van der Waals surface area contributed by atoms with Gasteiger partial charge in [0, 0.05) is 0 Å². The smallest absolute Gasteiger partial charge is 0.00578 e. The molecule has 0 heterocycles. The molecular formula is C13H14. The van der Waals surface area contributed by atoms with Crippen molar-refractivity contribution in [3.63, 3.8) is 0 Å². The van der Waals surface area contributed by atoms with Crippen LogP contribution in [0.25, 0.3) is 0 Å². The molecule has 66 valence electrons. The van der Waals surface area contributed by atoms with E-state index in [1.807, 2.05) is 0 Å². The lowest BCUT2D eigenvalue weighted by Crippen LogP contribution is -1.77. The zero-order valence-electron chi connectivity index (χ0n) is 7.96. The molecular weight excluding hydrogens is 156 g/mol. The Balaban J connectivity index is 2.23. The summed E-state index contributed by atoms with van der Waals surface area (Å²) < 4.78 is 0. The third-order valence-corrected chi connectivity index (χ3v) is 2.48. The Morgan fingerprint density at radius 2 is 1.69 bits per heavy atom. The molecule has 0 amide bonds. The zero-order chi connectivity index (χ0) is 9.10. The van der Waals surface area contributed by atoms with Crippen molar-refractivity contribution >= 4 is 0 Å². The van der Waals surface area contributed by atoms with E-state index in [0.717, 1.165) is 12.8 Å². The standard InChI is InChI=1S/C13H14/c1-2-3-6-11-9-12-7-4-5-8-13(12)10-11/h2-8H,9-10H2,1H3/b3-2-. The van der Waals surface area contributed by atoms with E-state index in [1.54, 1.807) is 0 Å². The summed E-state index contributed by atoms with van der Waals surface area (Å²) in [5.74, 6) is 0. The summed E-state index contributed by atoms with van der Waals surface area (Å²) in [4.78, 5) is 0. The van der Waals surface area contributed by atoms with Crippen molar-refractivity contribution in [3.05, 3.63) is 59.2 Å². The maximum absolute atomic E-state index is 2.24. The molecule has 13 heavy (non-hydrogen) atoms. The van der Waals surface area contributed by atoms with E-state index in [0.29, 0.717) is 0 Å². The van der Waals surface area contributed by atoms with Crippen molar-refractivity contribution in [2.45, 2.75) is 19.8 Å². The van der Waals surface area contributed by atoms with Gasteiger partial charge in [0.2, 0.25) is 0 Å². The van der Waals surface area contributed by atoms with Gasteiger partial charge in [-0.05, 0) is 30.9 Å². The number of rotatable bonds is 1. The SMILES string of the molecule is C/C=C\C=C1Cc2ccccc2C1. The monoisotopic (exact) mass is 170 g/mol. The van der Waals surface area contributed by atoms with E-state index < -0.39 is 0 Å². The molecule has 1 aromatic rings. The highest BCUT2D eigenvalue weighted by molar-refractivity contribution is 5.41. The highest BCUT2D eigenvalue weighted by Gasteiger charge is 2.12. The predicted octanol–water partition coefficient (Wildman–Crippen LogP) is 3.29. The molecule has 0 atom stereocenters. The first-order valence-electron chi connectivity index (χ1n) is 4.77. The van der Waals surface area contributed by atoms with Crippen LogP contribution in [-0.4, -0.2) is 0 Å². The normalized spacial score (nSPS) is 15.0. The molecule has 0 aliphatic heterocycles. The Bertz CT molecular complexity index is 329. The van der Waals surface area contributed by atoms with Crippen LogP contribution >= 0.6 is 0 Å². The summed E-state index contributed by atoms with van der Waals surface area (Å²) in [7, 11) is 0. The highest BCUT2D eigenvalue weighted by Crippen LogP contribution is 2.25. The molecule has 0 nitrogen and oxygen atoms in total. The summed E-state index contributed by atoms with van der Waals surface area (Å²) in [5, 5.41) is 0. The lowest BCUT2D eigenvalue weighted by atomic mass is 10.1. The van der Waals surface area contributed by atoms with Crippen molar-refractivity contribution in [3.8, 4) is 0 Å². The van der Waals surface area contributed by atoms with Crippen LogP contribution in [0.5, 0.6) is 0 Å².